The third-order valence-corrected chi connectivity index (χ3v) is 2.54. The lowest BCUT2D eigenvalue weighted by atomic mass is 10.3. The Morgan fingerprint density at radius 3 is 1.68 bits per heavy atom. The second kappa shape index (κ2) is 6.45. The third kappa shape index (κ3) is 4.87. The average molecular weight is 332 g/mol. The van der Waals surface area contributed by atoms with Gasteiger partial charge in [-0.2, -0.15) is 31.4 Å². The SMILES string of the molecule is CC(C)NC(NC(C)C)n1nc(C(F)(F)F)cc1C(F)(F)F. The van der Waals surface area contributed by atoms with Gasteiger partial charge in [-0.15, -0.1) is 0 Å². The molecule has 0 radical (unpaired) electrons. The summed E-state index contributed by atoms with van der Waals surface area (Å²) in [5.41, 5.74) is -3.05. The zero-order valence-electron chi connectivity index (χ0n) is 12.5. The van der Waals surface area contributed by atoms with E-state index in [1.807, 2.05) is 0 Å². The number of alkyl halides is 6. The van der Waals surface area contributed by atoms with E-state index in [-0.39, 0.29) is 18.2 Å². The summed E-state index contributed by atoms with van der Waals surface area (Å²) in [6.07, 6.45) is -11.1. The van der Waals surface area contributed by atoms with Gasteiger partial charge in [0.15, 0.2) is 12.0 Å². The first-order chi connectivity index (χ1) is 9.82. The molecule has 0 aliphatic rings. The average Bonchev–Trinajstić information content (AvgIpc) is 2.70. The Morgan fingerprint density at radius 2 is 1.36 bits per heavy atom. The first-order valence-corrected chi connectivity index (χ1v) is 6.58. The minimum atomic E-state index is -4.95. The highest BCUT2D eigenvalue weighted by Crippen LogP contribution is 2.35. The highest BCUT2D eigenvalue weighted by molar-refractivity contribution is 5.16. The van der Waals surface area contributed by atoms with Gasteiger partial charge >= 0.3 is 12.4 Å². The fourth-order valence-electron chi connectivity index (χ4n) is 1.76. The van der Waals surface area contributed by atoms with Crippen LogP contribution in [-0.4, -0.2) is 21.9 Å². The van der Waals surface area contributed by atoms with Gasteiger partial charge in [-0.1, -0.05) is 0 Å². The Morgan fingerprint density at radius 1 is 0.909 bits per heavy atom. The fourth-order valence-corrected chi connectivity index (χ4v) is 1.76. The van der Waals surface area contributed by atoms with Crippen molar-refractivity contribution in [2.75, 3.05) is 0 Å². The minimum Gasteiger partial charge on any atom is -0.281 e. The molecular formula is C12H18F6N4. The van der Waals surface area contributed by atoms with Gasteiger partial charge in [0.1, 0.15) is 5.69 Å². The van der Waals surface area contributed by atoms with Crippen LogP contribution in [0.25, 0.3) is 0 Å². The Bertz CT molecular complexity index is 479. The maximum absolute atomic E-state index is 13.0. The second-order valence-corrected chi connectivity index (χ2v) is 5.40. The second-order valence-electron chi connectivity index (χ2n) is 5.40. The number of halogens is 6. The van der Waals surface area contributed by atoms with Gasteiger partial charge in [-0.05, 0) is 27.7 Å². The van der Waals surface area contributed by atoms with Crippen molar-refractivity contribution in [3.8, 4) is 0 Å². The molecule has 0 unspecified atom stereocenters. The van der Waals surface area contributed by atoms with Crippen LogP contribution in [0.5, 0.6) is 0 Å². The molecule has 22 heavy (non-hydrogen) atoms. The van der Waals surface area contributed by atoms with E-state index in [2.05, 4.69) is 15.7 Å². The largest absolute Gasteiger partial charge is 0.435 e. The molecule has 0 bridgehead atoms. The normalized spacial score (nSPS) is 13.7. The molecule has 10 heteroatoms. The first-order valence-electron chi connectivity index (χ1n) is 6.58. The van der Waals surface area contributed by atoms with E-state index in [1.54, 1.807) is 27.7 Å². The Balaban J connectivity index is 3.36. The maximum atomic E-state index is 13.0. The highest BCUT2D eigenvalue weighted by Gasteiger charge is 2.43. The van der Waals surface area contributed by atoms with Crippen molar-refractivity contribution in [1.29, 1.82) is 0 Å². The van der Waals surface area contributed by atoms with Crippen molar-refractivity contribution >= 4 is 0 Å². The van der Waals surface area contributed by atoms with Crippen molar-refractivity contribution in [3.05, 3.63) is 17.5 Å². The molecule has 0 atom stereocenters. The maximum Gasteiger partial charge on any atom is 0.435 e. The number of hydrogen-bond acceptors (Lipinski definition) is 3. The highest BCUT2D eigenvalue weighted by atomic mass is 19.4. The van der Waals surface area contributed by atoms with E-state index in [4.69, 9.17) is 0 Å². The topological polar surface area (TPSA) is 41.9 Å². The molecule has 0 aromatic carbocycles. The van der Waals surface area contributed by atoms with Crippen molar-refractivity contribution in [3.63, 3.8) is 0 Å². The molecule has 0 spiro atoms. The molecule has 1 rings (SSSR count). The fraction of sp³-hybridized carbons (Fsp3) is 0.750. The summed E-state index contributed by atoms with van der Waals surface area (Å²) >= 11 is 0. The van der Waals surface area contributed by atoms with Crippen LogP contribution in [0.3, 0.4) is 0 Å². The van der Waals surface area contributed by atoms with Crippen LogP contribution in [-0.2, 0) is 12.4 Å². The van der Waals surface area contributed by atoms with Crippen LogP contribution in [0.2, 0.25) is 0 Å². The van der Waals surface area contributed by atoms with Crippen LogP contribution in [0.1, 0.15) is 45.4 Å². The lowest BCUT2D eigenvalue weighted by Gasteiger charge is -2.27. The number of hydrogen-bond donors (Lipinski definition) is 2. The summed E-state index contributed by atoms with van der Waals surface area (Å²) in [5.74, 6) is 0. The van der Waals surface area contributed by atoms with E-state index in [1.165, 1.54) is 0 Å². The summed E-state index contributed by atoms with van der Waals surface area (Å²) in [4.78, 5) is 0. The lowest BCUT2D eigenvalue weighted by molar-refractivity contribution is -0.145. The molecule has 0 saturated heterocycles. The van der Waals surface area contributed by atoms with Gasteiger partial charge in [0.25, 0.3) is 0 Å². The van der Waals surface area contributed by atoms with E-state index >= 15 is 0 Å². The molecule has 2 N–H and O–H groups in total. The van der Waals surface area contributed by atoms with Gasteiger partial charge in [-0.3, -0.25) is 10.6 Å². The van der Waals surface area contributed by atoms with Crippen molar-refractivity contribution in [1.82, 2.24) is 20.4 Å². The van der Waals surface area contributed by atoms with Crippen LogP contribution in [0.15, 0.2) is 6.07 Å². The molecule has 1 aromatic heterocycles. The molecule has 0 fully saturated rings. The van der Waals surface area contributed by atoms with Gasteiger partial charge in [0.2, 0.25) is 0 Å². The summed E-state index contributed by atoms with van der Waals surface area (Å²) in [6.45, 7) is 6.65. The standard InChI is InChI=1S/C12H18F6N4/c1-6(2)19-10(20-7(3)4)22-9(12(16,17)18)5-8(21-22)11(13,14)15/h5-7,10,19-20H,1-4H3. The van der Waals surface area contributed by atoms with Crippen LogP contribution in [0.4, 0.5) is 26.3 Å². The van der Waals surface area contributed by atoms with Crippen molar-refractivity contribution in [2.24, 2.45) is 0 Å². The van der Waals surface area contributed by atoms with Gasteiger partial charge in [0.05, 0.1) is 0 Å². The summed E-state index contributed by atoms with van der Waals surface area (Å²) in [7, 11) is 0. The number of rotatable bonds is 5. The van der Waals surface area contributed by atoms with E-state index < -0.39 is 30.0 Å². The summed E-state index contributed by atoms with van der Waals surface area (Å²) in [6, 6.07) is -0.524. The molecule has 0 aliphatic heterocycles. The molecule has 0 amide bonds. The summed E-state index contributed by atoms with van der Waals surface area (Å²) < 4.78 is 77.3. The number of nitrogens with zero attached hydrogens (tertiary/aromatic N) is 2. The Kier molecular flexibility index (Phi) is 5.50. The lowest BCUT2D eigenvalue weighted by Crippen LogP contribution is -2.46. The molecule has 4 nitrogen and oxygen atoms in total. The first kappa shape index (κ1) is 18.8. The van der Waals surface area contributed by atoms with Crippen molar-refractivity contribution < 1.29 is 26.3 Å². The smallest absolute Gasteiger partial charge is 0.281 e. The number of aromatic nitrogens is 2. The minimum absolute atomic E-state index is 0.0109. The Hall–Kier alpha value is -1.29. The van der Waals surface area contributed by atoms with Crippen LogP contribution >= 0.6 is 0 Å². The summed E-state index contributed by atoms with van der Waals surface area (Å²) in [5, 5.41) is 8.55. The van der Waals surface area contributed by atoms with E-state index in [0.29, 0.717) is 4.68 Å². The zero-order chi connectivity index (χ0) is 17.3. The number of nitrogens with one attached hydrogen (secondary N) is 2. The quantitative estimate of drug-likeness (QED) is 0.642. The molecule has 1 aromatic rings. The zero-order valence-corrected chi connectivity index (χ0v) is 12.5. The molecule has 1 heterocycles. The van der Waals surface area contributed by atoms with Gasteiger partial charge < -0.3 is 0 Å². The molecule has 0 saturated carbocycles. The molecule has 128 valence electrons. The van der Waals surface area contributed by atoms with Gasteiger partial charge in [0, 0.05) is 18.2 Å². The Labute approximate surface area is 123 Å². The van der Waals surface area contributed by atoms with Crippen LogP contribution in [0, 0.1) is 0 Å². The van der Waals surface area contributed by atoms with E-state index in [0.717, 1.165) is 0 Å². The van der Waals surface area contributed by atoms with Gasteiger partial charge in [-0.25, -0.2) is 4.68 Å². The molecule has 0 aliphatic carbocycles. The van der Waals surface area contributed by atoms with E-state index in [9.17, 15) is 26.3 Å². The third-order valence-electron chi connectivity index (χ3n) is 2.54. The molecular weight excluding hydrogens is 314 g/mol. The predicted molar refractivity (Wildman–Crippen MR) is 67.8 cm³/mol. The van der Waals surface area contributed by atoms with Crippen molar-refractivity contribution in [2.45, 2.75) is 58.4 Å². The predicted octanol–water partition coefficient (Wildman–Crippen LogP) is 3.37. The van der Waals surface area contributed by atoms with Crippen LogP contribution < -0.4 is 10.6 Å². The monoisotopic (exact) mass is 332 g/mol.